The van der Waals surface area contributed by atoms with Gasteiger partial charge in [-0.05, 0) is 56.4 Å². The van der Waals surface area contributed by atoms with Crippen LogP contribution >= 0.6 is 7.75 Å². The minimum absolute atomic E-state index is 0.161. The van der Waals surface area contributed by atoms with Gasteiger partial charge < -0.3 is 29.9 Å². The number of carbonyl (C=O) groups excluding carboxylic acids is 1. The lowest BCUT2D eigenvalue weighted by molar-refractivity contribution is -0.155. The Kier molecular flexibility index (Phi) is 9.03. The molecule has 14 nitrogen and oxygen atoms in total. The monoisotopic (exact) mass is 614 g/mol. The Morgan fingerprint density at radius 3 is 2.74 bits per heavy atom. The van der Waals surface area contributed by atoms with Crippen molar-refractivity contribution in [1.29, 1.82) is 5.26 Å². The number of benzene rings is 1. The molecule has 3 aromatic rings. The van der Waals surface area contributed by atoms with E-state index in [-0.39, 0.29) is 23.6 Å². The number of esters is 1. The van der Waals surface area contributed by atoms with Gasteiger partial charge in [-0.25, -0.2) is 14.1 Å². The third kappa shape index (κ3) is 6.38. The van der Waals surface area contributed by atoms with Gasteiger partial charge in [0, 0.05) is 0 Å². The minimum atomic E-state index is -4.42. The van der Waals surface area contributed by atoms with E-state index in [2.05, 4.69) is 15.2 Å². The van der Waals surface area contributed by atoms with E-state index in [1.165, 1.54) is 29.9 Å². The highest BCUT2D eigenvalue weighted by molar-refractivity contribution is 7.52. The number of para-hydroxylation sites is 1. The van der Waals surface area contributed by atoms with Crippen LogP contribution in [0.4, 0.5) is 5.82 Å². The maximum absolute atomic E-state index is 14.1. The lowest BCUT2D eigenvalue weighted by Gasteiger charge is -2.31. The summed E-state index contributed by atoms with van der Waals surface area (Å²) in [4.78, 5) is 16.9. The van der Waals surface area contributed by atoms with Crippen LogP contribution in [-0.2, 0) is 23.4 Å². The van der Waals surface area contributed by atoms with Crippen molar-refractivity contribution in [3.63, 3.8) is 0 Å². The largest absolute Gasteiger partial charge is 0.461 e. The first-order valence-electron chi connectivity index (χ1n) is 14.1. The average Bonchev–Trinajstić information content (AvgIpc) is 3.53. The molecule has 5 rings (SSSR count). The number of nitrogen functional groups attached to an aromatic ring is 1. The number of nitrogens with two attached hydrogens (primary N) is 1. The second-order valence-corrected chi connectivity index (χ2v) is 12.6. The summed E-state index contributed by atoms with van der Waals surface area (Å²) in [6.45, 7) is 2.69. The van der Waals surface area contributed by atoms with Crippen LogP contribution < -0.4 is 15.3 Å². The average molecular weight is 615 g/mol. The molecule has 1 aliphatic carbocycles. The summed E-state index contributed by atoms with van der Waals surface area (Å²) in [7, 11) is -4.42. The molecule has 0 bridgehead atoms. The van der Waals surface area contributed by atoms with Crippen molar-refractivity contribution in [1.82, 2.24) is 19.7 Å². The maximum atomic E-state index is 14.1. The zero-order valence-electron chi connectivity index (χ0n) is 23.8. The van der Waals surface area contributed by atoms with Crippen LogP contribution in [0, 0.1) is 17.2 Å². The molecule has 8 atom stereocenters. The Labute approximate surface area is 248 Å². The Hall–Kier alpha value is -3.57. The Bertz CT molecular complexity index is 1530. The zero-order valence-corrected chi connectivity index (χ0v) is 24.7. The van der Waals surface area contributed by atoms with E-state index >= 15 is 0 Å². The van der Waals surface area contributed by atoms with Gasteiger partial charge >= 0.3 is 13.7 Å². The predicted octanol–water partition coefficient (Wildman–Crippen LogP) is 2.67. The summed E-state index contributed by atoms with van der Waals surface area (Å²) >= 11 is 0. The molecule has 2 aliphatic rings. The molecule has 2 aromatic heterocycles. The van der Waals surface area contributed by atoms with Gasteiger partial charge in [-0.3, -0.25) is 9.32 Å². The number of nitriles is 1. The molecule has 43 heavy (non-hydrogen) atoms. The number of fused-ring (bicyclic) bond motifs is 1. The summed E-state index contributed by atoms with van der Waals surface area (Å²) in [5.41, 5.74) is 4.46. The van der Waals surface area contributed by atoms with E-state index in [4.69, 9.17) is 24.3 Å². The van der Waals surface area contributed by atoms with E-state index in [0.717, 1.165) is 25.7 Å². The van der Waals surface area contributed by atoms with Crippen molar-refractivity contribution >= 4 is 25.1 Å². The summed E-state index contributed by atoms with van der Waals surface area (Å²) in [5, 5.41) is 38.8. The summed E-state index contributed by atoms with van der Waals surface area (Å²) in [6.07, 6.45) is 0.0683. The first-order valence-corrected chi connectivity index (χ1v) is 15.6. The quantitative estimate of drug-likeness (QED) is 0.192. The number of rotatable bonds is 10. The number of nitrogens with one attached hydrogen (secondary N) is 1. The highest BCUT2D eigenvalue weighted by Crippen LogP contribution is 2.48. The fourth-order valence-electron chi connectivity index (χ4n) is 5.36. The second kappa shape index (κ2) is 12.6. The van der Waals surface area contributed by atoms with E-state index in [9.17, 15) is 24.8 Å². The molecule has 1 saturated heterocycles. The number of hydrogen-bond acceptors (Lipinski definition) is 12. The fourth-order valence-corrected chi connectivity index (χ4v) is 6.89. The standard InChI is InChI=1S/C28H35N6O8P/c1-17-8-6-7-11-22(17)40-27(37)18(2)33-43(38,42-19-9-4-3-5-10-19)39-15-28(14-29)25(36)23(35)24(41-28)20-12-13-21-26(30)31-16-32-34(20)21/h3-5,9-10,12-13,16-18,22-25,35-36H,6-8,11,15H2,1-2H3,(H,33,38)(H2,30,31,32)/t17-,18-,22-,23-,24-,25-,28+,43?/m0/s1. The number of anilines is 1. The minimum Gasteiger partial charge on any atom is -0.461 e. The molecule has 0 amide bonds. The molecule has 0 spiro atoms. The molecular formula is C28H35N6O8P. The molecule has 0 radical (unpaired) electrons. The number of nitrogens with zero attached hydrogens (tertiary/aromatic N) is 4. The van der Waals surface area contributed by atoms with E-state index < -0.39 is 50.3 Å². The zero-order chi connectivity index (χ0) is 30.8. The van der Waals surface area contributed by atoms with Crippen molar-refractivity contribution < 1.29 is 38.1 Å². The van der Waals surface area contributed by atoms with Crippen LogP contribution in [0.25, 0.3) is 5.52 Å². The molecule has 3 heterocycles. The number of hydrogen-bond donors (Lipinski definition) is 4. The predicted molar refractivity (Wildman–Crippen MR) is 152 cm³/mol. The van der Waals surface area contributed by atoms with Gasteiger partial charge in [-0.2, -0.15) is 15.4 Å². The number of aliphatic hydroxyl groups excluding tert-OH is 2. The number of carbonyl (C=O) groups is 1. The number of aliphatic hydroxyl groups is 2. The van der Waals surface area contributed by atoms with Crippen molar-refractivity contribution in [2.75, 3.05) is 12.3 Å². The molecule has 1 aromatic carbocycles. The topological polar surface area (TPSA) is 204 Å². The molecule has 1 aliphatic heterocycles. The van der Waals surface area contributed by atoms with Gasteiger partial charge in [0.15, 0.2) is 5.82 Å². The van der Waals surface area contributed by atoms with Crippen molar-refractivity contribution in [2.45, 2.75) is 75.6 Å². The summed E-state index contributed by atoms with van der Waals surface area (Å²) in [6, 6.07) is 12.0. The van der Waals surface area contributed by atoms with E-state index in [0.29, 0.717) is 11.2 Å². The second-order valence-electron chi connectivity index (χ2n) is 10.9. The van der Waals surface area contributed by atoms with Crippen LogP contribution in [0.15, 0.2) is 48.8 Å². The Morgan fingerprint density at radius 2 is 2.02 bits per heavy atom. The first-order chi connectivity index (χ1) is 20.6. The summed E-state index contributed by atoms with van der Waals surface area (Å²) in [5.74, 6) is -0.0957. The van der Waals surface area contributed by atoms with Gasteiger partial charge in [0.05, 0.1) is 5.69 Å². The van der Waals surface area contributed by atoms with Crippen LogP contribution in [0.2, 0.25) is 0 Å². The summed E-state index contributed by atoms with van der Waals surface area (Å²) < 4.78 is 38.4. The lowest BCUT2D eigenvalue weighted by atomic mass is 9.88. The van der Waals surface area contributed by atoms with Crippen LogP contribution in [0.5, 0.6) is 5.75 Å². The normalized spacial score (nSPS) is 29.4. The molecule has 5 N–H and O–H groups in total. The number of aromatic nitrogens is 3. The molecule has 15 heteroatoms. The third-order valence-corrected chi connectivity index (χ3v) is 9.49. The highest BCUT2D eigenvalue weighted by atomic mass is 31.2. The van der Waals surface area contributed by atoms with E-state index in [1.807, 2.05) is 13.0 Å². The van der Waals surface area contributed by atoms with Gasteiger partial charge in [0.25, 0.3) is 0 Å². The van der Waals surface area contributed by atoms with Crippen molar-refractivity contribution in [2.24, 2.45) is 5.92 Å². The van der Waals surface area contributed by atoms with E-state index in [1.54, 1.807) is 30.3 Å². The van der Waals surface area contributed by atoms with Crippen LogP contribution in [-0.4, -0.2) is 67.3 Å². The number of ether oxygens (including phenoxy) is 2. The SMILES string of the molecule is C[C@H](NP(=O)(OC[C@@]1(C#N)O[C@@H](c2ccc3c(N)ncnn23)[C@H](O)[C@@H]1O)Oc1ccccc1)C(=O)O[C@H]1CCCC[C@@H]1C. The Balaban J connectivity index is 1.35. The van der Waals surface area contributed by atoms with Gasteiger partial charge in [-0.1, -0.05) is 31.5 Å². The molecular weight excluding hydrogens is 579 g/mol. The smallest absolute Gasteiger partial charge is 0.459 e. The van der Waals surface area contributed by atoms with Crippen molar-refractivity contribution in [3.05, 3.63) is 54.5 Å². The third-order valence-electron chi connectivity index (χ3n) is 7.86. The van der Waals surface area contributed by atoms with Crippen LogP contribution in [0.3, 0.4) is 0 Å². The van der Waals surface area contributed by atoms with Gasteiger partial charge in [0.2, 0.25) is 5.60 Å². The Morgan fingerprint density at radius 1 is 1.28 bits per heavy atom. The molecule has 230 valence electrons. The van der Waals surface area contributed by atoms with Crippen LogP contribution in [0.1, 0.15) is 51.3 Å². The lowest BCUT2D eigenvalue weighted by Crippen LogP contribution is -2.46. The molecule has 1 saturated carbocycles. The molecule has 2 fully saturated rings. The first kappa shape index (κ1) is 30.9. The van der Waals surface area contributed by atoms with Gasteiger partial charge in [-0.15, -0.1) is 0 Å². The maximum Gasteiger partial charge on any atom is 0.459 e. The van der Waals surface area contributed by atoms with Crippen molar-refractivity contribution in [3.8, 4) is 11.8 Å². The van der Waals surface area contributed by atoms with Gasteiger partial charge in [0.1, 0.15) is 60.7 Å². The fraction of sp³-hybridized carbons (Fsp3) is 0.500. The highest BCUT2D eigenvalue weighted by Gasteiger charge is 2.57. The molecule has 1 unspecified atom stereocenters.